The molecule has 3 aromatic rings. The van der Waals surface area contributed by atoms with Gasteiger partial charge >= 0.3 is 13.2 Å². The minimum absolute atomic E-state index is 0.552. The van der Waals surface area contributed by atoms with Gasteiger partial charge in [-0.25, -0.2) is 4.79 Å². The van der Waals surface area contributed by atoms with Crippen molar-refractivity contribution in [1.82, 2.24) is 0 Å². The highest BCUT2D eigenvalue weighted by Gasteiger charge is 2.56. The monoisotopic (exact) mass is 323 g/mol. The summed E-state index contributed by atoms with van der Waals surface area (Å²) in [6, 6.07) is 27.5. The summed E-state index contributed by atoms with van der Waals surface area (Å²) in [6.45, 7) is 0. The molecule has 3 aromatic carbocycles. The Morgan fingerprint density at radius 1 is 0.696 bits per heavy atom. The zero-order valence-corrected chi connectivity index (χ0v) is 13.3. The lowest BCUT2D eigenvalue weighted by atomic mass is 10.3. The van der Waals surface area contributed by atoms with Crippen molar-refractivity contribution in [1.29, 1.82) is 0 Å². The van der Waals surface area contributed by atoms with Gasteiger partial charge in [-0.05, 0) is 36.4 Å². The Morgan fingerprint density at radius 2 is 1.09 bits per heavy atom. The predicted octanol–water partition coefficient (Wildman–Crippen LogP) is 4.33. The molecule has 1 N–H and O–H groups in total. The standard InChI is InChI=1S/C19H15O3P/c20-19(21)23(17-12-6-2-7-13-17,18-14-8-3-9-15-18)22-16-10-4-1-5-11-16/h1-15H/p+1. The van der Waals surface area contributed by atoms with Crippen LogP contribution in [0.15, 0.2) is 91.0 Å². The Bertz CT molecular complexity index is 734. The van der Waals surface area contributed by atoms with Crippen molar-refractivity contribution >= 4 is 23.8 Å². The molecule has 3 nitrogen and oxygen atoms in total. The first-order valence-electron chi connectivity index (χ1n) is 7.22. The average molecular weight is 323 g/mol. The summed E-state index contributed by atoms with van der Waals surface area (Å²) in [7, 11) is -3.08. The van der Waals surface area contributed by atoms with E-state index in [0.717, 1.165) is 0 Å². The van der Waals surface area contributed by atoms with Crippen LogP contribution in [0.25, 0.3) is 0 Å². The van der Waals surface area contributed by atoms with Gasteiger partial charge in [0.25, 0.3) is 0 Å². The van der Waals surface area contributed by atoms with E-state index in [0.29, 0.717) is 16.4 Å². The highest BCUT2D eigenvalue weighted by molar-refractivity contribution is 7.98. The number of carboxylic acid groups (broad SMARTS) is 1. The lowest BCUT2D eigenvalue weighted by Gasteiger charge is -2.20. The Labute approximate surface area is 135 Å². The van der Waals surface area contributed by atoms with E-state index in [1.54, 1.807) is 12.1 Å². The number of para-hydroxylation sites is 1. The Morgan fingerprint density at radius 3 is 1.48 bits per heavy atom. The fourth-order valence-corrected chi connectivity index (χ4v) is 5.08. The van der Waals surface area contributed by atoms with Gasteiger partial charge < -0.3 is 9.63 Å². The van der Waals surface area contributed by atoms with Crippen LogP contribution in [0.5, 0.6) is 5.75 Å². The fourth-order valence-electron chi connectivity index (χ4n) is 2.43. The lowest BCUT2D eigenvalue weighted by molar-refractivity contribution is 0.218. The van der Waals surface area contributed by atoms with Crippen LogP contribution in [0.4, 0.5) is 4.79 Å². The van der Waals surface area contributed by atoms with Crippen molar-refractivity contribution in [3.63, 3.8) is 0 Å². The fraction of sp³-hybridized carbons (Fsp3) is 0. The molecule has 4 heteroatoms. The molecular formula is C19H16O3P+. The van der Waals surface area contributed by atoms with E-state index in [9.17, 15) is 9.90 Å². The molecule has 0 spiro atoms. The second-order valence-electron chi connectivity index (χ2n) is 4.97. The Hall–Kier alpha value is -2.64. The van der Waals surface area contributed by atoms with Gasteiger partial charge in [-0.2, -0.15) is 0 Å². The van der Waals surface area contributed by atoms with Crippen LogP contribution in [0.1, 0.15) is 0 Å². The molecule has 0 aromatic heterocycles. The molecule has 0 radical (unpaired) electrons. The van der Waals surface area contributed by atoms with E-state index in [1.165, 1.54) is 0 Å². The Kier molecular flexibility index (Phi) is 4.40. The molecule has 114 valence electrons. The highest BCUT2D eigenvalue weighted by atomic mass is 31.2. The number of hydrogen-bond acceptors (Lipinski definition) is 2. The van der Waals surface area contributed by atoms with E-state index in [2.05, 4.69) is 0 Å². The van der Waals surface area contributed by atoms with Gasteiger partial charge in [0.05, 0.1) is 0 Å². The minimum atomic E-state index is -3.08. The van der Waals surface area contributed by atoms with Crippen molar-refractivity contribution in [3.8, 4) is 5.75 Å². The van der Waals surface area contributed by atoms with Crippen LogP contribution in [0.2, 0.25) is 0 Å². The van der Waals surface area contributed by atoms with Gasteiger partial charge in [0, 0.05) is 0 Å². The number of benzene rings is 3. The molecule has 0 amide bonds. The topological polar surface area (TPSA) is 46.5 Å². The van der Waals surface area contributed by atoms with Crippen molar-refractivity contribution in [2.45, 2.75) is 0 Å². The quantitative estimate of drug-likeness (QED) is 0.711. The summed E-state index contributed by atoms with van der Waals surface area (Å²) < 4.78 is 6.15. The molecule has 0 aliphatic carbocycles. The van der Waals surface area contributed by atoms with E-state index < -0.39 is 13.2 Å². The summed E-state index contributed by atoms with van der Waals surface area (Å²) in [5.41, 5.74) is -0.946. The highest BCUT2D eigenvalue weighted by Crippen LogP contribution is 2.57. The molecule has 0 heterocycles. The first kappa shape index (κ1) is 15.3. The molecule has 3 rings (SSSR count). The average Bonchev–Trinajstić information content (AvgIpc) is 2.62. The molecule has 23 heavy (non-hydrogen) atoms. The second-order valence-corrected chi connectivity index (χ2v) is 7.78. The third-order valence-corrected chi connectivity index (χ3v) is 6.57. The molecular weight excluding hydrogens is 307 g/mol. The summed E-state index contributed by atoms with van der Waals surface area (Å²) in [5.74, 6) is 0.552. The van der Waals surface area contributed by atoms with Crippen LogP contribution < -0.4 is 15.1 Å². The van der Waals surface area contributed by atoms with E-state index in [4.69, 9.17) is 4.52 Å². The molecule has 0 saturated heterocycles. The predicted molar refractivity (Wildman–Crippen MR) is 94.2 cm³/mol. The summed E-state index contributed by atoms with van der Waals surface area (Å²) >= 11 is 0. The summed E-state index contributed by atoms with van der Waals surface area (Å²) in [5, 5.41) is 11.5. The maximum Gasteiger partial charge on any atom is 0.498 e. The summed E-state index contributed by atoms with van der Waals surface area (Å²) in [4.78, 5) is 12.4. The third kappa shape index (κ3) is 2.96. The van der Waals surface area contributed by atoms with Gasteiger partial charge in [0.1, 0.15) is 10.6 Å². The number of rotatable bonds is 5. The number of hydrogen-bond donors (Lipinski definition) is 1. The maximum atomic E-state index is 12.4. The molecule has 0 saturated carbocycles. The first-order valence-corrected chi connectivity index (χ1v) is 8.92. The van der Waals surface area contributed by atoms with Gasteiger partial charge in [-0.3, -0.25) is 0 Å². The normalized spacial score (nSPS) is 11.0. The first-order chi connectivity index (χ1) is 11.2. The van der Waals surface area contributed by atoms with E-state index in [-0.39, 0.29) is 0 Å². The third-order valence-electron chi connectivity index (χ3n) is 3.49. The molecule has 0 aliphatic rings. The second kappa shape index (κ2) is 6.64. The van der Waals surface area contributed by atoms with E-state index >= 15 is 0 Å². The van der Waals surface area contributed by atoms with Crippen molar-refractivity contribution in [2.24, 2.45) is 0 Å². The van der Waals surface area contributed by atoms with Gasteiger partial charge in [-0.15, -0.1) is 0 Å². The summed E-state index contributed by atoms with van der Waals surface area (Å²) in [6.07, 6.45) is 0. The molecule has 0 bridgehead atoms. The molecule has 0 aliphatic heterocycles. The molecule has 0 atom stereocenters. The lowest BCUT2D eigenvalue weighted by Crippen LogP contribution is -2.31. The molecule has 0 unspecified atom stereocenters. The zero-order valence-electron chi connectivity index (χ0n) is 12.4. The smallest absolute Gasteiger partial charge is 0.448 e. The number of carbonyl (C=O) groups is 1. The SMILES string of the molecule is O=C(O)[P+](Oc1ccccc1)(c1ccccc1)c1ccccc1. The van der Waals surface area contributed by atoms with E-state index in [1.807, 2.05) is 78.9 Å². The minimum Gasteiger partial charge on any atom is -0.448 e. The van der Waals surface area contributed by atoms with Crippen molar-refractivity contribution < 1.29 is 14.4 Å². The van der Waals surface area contributed by atoms with Gasteiger partial charge in [-0.1, -0.05) is 54.6 Å². The van der Waals surface area contributed by atoms with Crippen LogP contribution in [0.3, 0.4) is 0 Å². The van der Waals surface area contributed by atoms with Gasteiger partial charge in [0.2, 0.25) is 0 Å². The zero-order chi connectivity index (χ0) is 16.1. The van der Waals surface area contributed by atoms with Gasteiger partial charge in [0.15, 0.2) is 5.75 Å². The van der Waals surface area contributed by atoms with Crippen LogP contribution in [-0.2, 0) is 0 Å². The van der Waals surface area contributed by atoms with Crippen LogP contribution in [-0.4, -0.2) is 10.8 Å². The maximum absolute atomic E-state index is 12.4. The van der Waals surface area contributed by atoms with Crippen molar-refractivity contribution in [3.05, 3.63) is 91.0 Å². The van der Waals surface area contributed by atoms with Crippen LogP contribution >= 0.6 is 7.49 Å². The largest absolute Gasteiger partial charge is 0.498 e. The van der Waals surface area contributed by atoms with Crippen molar-refractivity contribution in [2.75, 3.05) is 0 Å². The molecule has 0 fully saturated rings. The Balaban J connectivity index is 2.21. The van der Waals surface area contributed by atoms with Crippen LogP contribution in [0, 0.1) is 0 Å².